The molecule has 0 radical (unpaired) electrons. The molecule has 160 valence electrons. The number of aromatic nitrogens is 3. The van der Waals surface area contributed by atoms with Gasteiger partial charge in [0.25, 0.3) is 0 Å². The van der Waals surface area contributed by atoms with E-state index in [2.05, 4.69) is 25.9 Å². The maximum absolute atomic E-state index is 12.7. The number of aromatic carboxylic acids is 1. The number of rotatable bonds is 2. The summed E-state index contributed by atoms with van der Waals surface area (Å²) in [4.78, 5) is 24.3. The molecule has 1 unspecified atom stereocenters. The van der Waals surface area contributed by atoms with E-state index >= 15 is 0 Å². The predicted octanol–water partition coefficient (Wildman–Crippen LogP) is 3.69. The van der Waals surface area contributed by atoms with Gasteiger partial charge in [0.05, 0.1) is 18.0 Å². The van der Waals surface area contributed by atoms with Crippen molar-refractivity contribution in [3.05, 3.63) is 57.5 Å². The average molecular weight is 419 g/mol. The van der Waals surface area contributed by atoms with Gasteiger partial charge < -0.3 is 14.4 Å². The van der Waals surface area contributed by atoms with Gasteiger partial charge in [-0.2, -0.15) is 5.10 Å². The highest BCUT2D eigenvalue weighted by molar-refractivity contribution is 5.88. The topological polar surface area (TPSA) is 86.4 Å². The first-order valence-corrected chi connectivity index (χ1v) is 10.5. The van der Waals surface area contributed by atoms with E-state index in [1.807, 2.05) is 29.9 Å². The second kappa shape index (κ2) is 6.57. The van der Waals surface area contributed by atoms with Crippen LogP contribution in [0.1, 0.15) is 48.3 Å². The van der Waals surface area contributed by atoms with E-state index in [9.17, 15) is 14.7 Å². The number of hydrogen-bond donors (Lipinski definition) is 1. The summed E-state index contributed by atoms with van der Waals surface area (Å²) in [5.41, 5.74) is 4.99. The summed E-state index contributed by atoms with van der Waals surface area (Å²) >= 11 is 0. The van der Waals surface area contributed by atoms with E-state index in [4.69, 9.17) is 4.74 Å². The summed E-state index contributed by atoms with van der Waals surface area (Å²) in [5, 5.41) is 14.1. The first-order valence-electron chi connectivity index (χ1n) is 10.5. The van der Waals surface area contributed by atoms with E-state index in [0.29, 0.717) is 6.61 Å². The molecule has 0 bridgehead atoms. The zero-order valence-corrected chi connectivity index (χ0v) is 18.1. The maximum Gasteiger partial charge on any atom is 0.341 e. The van der Waals surface area contributed by atoms with Crippen LogP contribution in [0.25, 0.3) is 22.5 Å². The van der Waals surface area contributed by atoms with Crippen LogP contribution in [0.2, 0.25) is 0 Å². The van der Waals surface area contributed by atoms with Crippen LogP contribution in [-0.2, 0) is 19.9 Å². The summed E-state index contributed by atoms with van der Waals surface area (Å²) in [6.07, 6.45) is 4.97. The minimum absolute atomic E-state index is 0.0131. The molecule has 0 saturated carbocycles. The second-order valence-electron chi connectivity index (χ2n) is 9.47. The minimum Gasteiger partial charge on any atom is -0.492 e. The van der Waals surface area contributed by atoms with Crippen LogP contribution in [-0.4, -0.2) is 32.0 Å². The second-order valence-corrected chi connectivity index (χ2v) is 9.47. The Morgan fingerprint density at radius 3 is 2.65 bits per heavy atom. The number of hydrogen-bond acceptors (Lipinski definition) is 4. The van der Waals surface area contributed by atoms with Crippen molar-refractivity contribution in [2.45, 2.75) is 39.7 Å². The third kappa shape index (κ3) is 2.99. The summed E-state index contributed by atoms with van der Waals surface area (Å²) in [6, 6.07) is 5.49. The van der Waals surface area contributed by atoms with Gasteiger partial charge in [0.2, 0.25) is 0 Å². The van der Waals surface area contributed by atoms with Crippen molar-refractivity contribution in [3.63, 3.8) is 0 Å². The van der Waals surface area contributed by atoms with Crippen molar-refractivity contribution in [2.75, 3.05) is 6.61 Å². The van der Waals surface area contributed by atoms with Crippen LogP contribution >= 0.6 is 0 Å². The highest BCUT2D eigenvalue weighted by Crippen LogP contribution is 2.49. The molecular formula is C24H25N3O4. The van der Waals surface area contributed by atoms with E-state index < -0.39 is 11.4 Å². The SMILES string of the molecule is Cn1ccc(-c2cc3c(c4c2OCC4)CC(C(C)(C)C)n2cc(C(=O)O)c(=O)cc2-3)n1. The molecule has 0 saturated heterocycles. The van der Waals surface area contributed by atoms with Gasteiger partial charge in [0, 0.05) is 54.7 Å². The van der Waals surface area contributed by atoms with Gasteiger partial charge in [0.15, 0.2) is 5.43 Å². The van der Waals surface area contributed by atoms with Crippen molar-refractivity contribution in [1.29, 1.82) is 0 Å². The van der Waals surface area contributed by atoms with Crippen LogP contribution in [0.3, 0.4) is 0 Å². The summed E-state index contributed by atoms with van der Waals surface area (Å²) < 4.78 is 9.78. The smallest absolute Gasteiger partial charge is 0.341 e. The van der Waals surface area contributed by atoms with Crippen molar-refractivity contribution < 1.29 is 14.6 Å². The number of benzene rings is 1. The fourth-order valence-corrected chi connectivity index (χ4v) is 4.85. The van der Waals surface area contributed by atoms with E-state index in [1.165, 1.54) is 23.4 Å². The fraction of sp³-hybridized carbons (Fsp3) is 0.375. The summed E-state index contributed by atoms with van der Waals surface area (Å²) in [7, 11) is 1.87. The number of ether oxygens (including phenoxy) is 1. The molecule has 5 rings (SSSR count). The molecule has 2 aromatic heterocycles. The highest BCUT2D eigenvalue weighted by atomic mass is 16.5. The van der Waals surface area contributed by atoms with Gasteiger partial charge in [-0.25, -0.2) is 4.79 Å². The standard InChI is InChI=1S/C24H25N3O4/c1-24(2,3)21-10-14-13-6-8-31-22(13)16(18-5-7-26(4)25-18)9-15(14)19-11-20(28)17(23(29)30)12-27(19)21/h5,7,9,11-12,21H,6,8,10H2,1-4H3,(H,29,30). The van der Waals surface area contributed by atoms with E-state index in [-0.39, 0.29) is 17.0 Å². The average Bonchev–Trinajstić information content (AvgIpc) is 3.34. The Morgan fingerprint density at radius 2 is 2.00 bits per heavy atom. The van der Waals surface area contributed by atoms with E-state index in [1.54, 1.807) is 4.68 Å². The Hall–Kier alpha value is -3.35. The van der Waals surface area contributed by atoms with Gasteiger partial charge in [-0.05, 0) is 29.5 Å². The summed E-state index contributed by atoms with van der Waals surface area (Å²) in [6.45, 7) is 7.05. The predicted molar refractivity (Wildman–Crippen MR) is 117 cm³/mol. The molecule has 7 heteroatoms. The first kappa shape index (κ1) is 19.6. The molecule has 3 aromatic rings. The Labute approximate surface area is 179 Å². The number of nitrogens with zero attached hydrogens (tertiary/aromatic N) is 3. The Kier molecular flexibility index (Phi) is 4.16. The third-order valence-corrected chi connectivity index (χ3v) is 6.40. The number of aryl methyl sites for hydroxylation is 1. The molecule has 0 spiro atoms. The van der Waals surface area contributed by atoms with Crippen LogP contribution in [0, 0.1) is 5.41 Å². The number of pyridine rings is 1. The highest BCUT2D eigenvalue weighted by Gasteiger charge is 2.37. The summed E-state index contributed by atoms with van der Waals surface area (Å²) in [5.74, 6) is -0.321. The largest absolute Gasteiger partial charge is 0.492 e. The zero-order chi connectivity index (χ0) is 22.1. The lowest BCUT2D eigenvalue weighted by molar-refractivity contribution is 0.0693. The van der Waals surface area contributed by atoms with Gasteiger partial charge in [-0.1, -0.05) is 20.8 Å². The minimum atomic E-state index is -1.20. The Bertz CT molecular complexity index is 1290. The van der Waals surface area contributed by atoms with Crippen molar-refractivity contribution in [3.8, 4) is 28.3 Å². The lowest BCUT2D eigenvalue weighted by Gasteiger charge is -2.39. The molecule has 1 aromatic carbocycles. The lowest BCUT2D eigenvalue weighted by Crippen LogP contribution is -2.33. The van der Waals surface area contributed by atoms with Gasteiger partial charge in [-0.3, -0.25) is 9.48 Å². The molecule has 4 heterocycles. The molecule has 2 aliphatic heterocycles. The number of carbonyl (C=O) groups is 1. The van der Waals surface area contributed by atoms with Crippen LogP contribution < -0.4 is 10.2 Å². The monoisotopic (exact) mass is 419 g/mol. The van der Waals surface area contributed by atoms with Crippen molar-refractivity contribution >= 4 is 5.97 Å². The molecule has 1 N–H and O–H groups in total. The molecule has 0 fully saturated rings. The molecule has 1 atom stereocenters. The molecule has 0 aliphatic carbocycles. The number of fused-ring (bicyclic) bond motifs is 5. The molecule has 7 nitrogen and oxygen atoms in total. The number of carboxylic acid groups (broad SMARTS) is 1. The quantitative estimate of drug-likeness (QED) is 0.685. The van der Waals surface area contributed by atoms with Gasteiger partial charge in [0.1, 0.15) is 11.3 Å². The molecule has 2 aliphatic rings. The molecule has 31 heavy (non-hydrogen) atoms. The van der Waals surface area contributed by atoms with Crippen LogP contribution in [0.15, 0.2) is 35.4 Å². The maximum atomic E-state index is 12.7. The lowest BCUT2D eigenvalue weighted by atomic mass is 9.76. The Balaban J connectivity index is 1.83. The first-order chi connectivity index (χ1) is 14.6. The zero-order valence-electron chi connectivity index (χ0n) is 18.1. The molecule has 0 amide bonds. The van der Waals surface area contributed by atoms with Gasteiger partial charge >= 0.3 is 5.97 Å². The van der Waals surface area contributed by atoms with Crippen molar-refractivity contribution in [1.82, 2.24) is 14.3 Å². The fourth-order valence-electron chi connectivity index (χ4n) is 4.85. The Morgan fingerprint density at radius 1 is 1.23 bits per heavy atom. The third-order valence-electron chi connectivity index (χ3n) is 6.40. The van der Waals surface area contributed by atoms with E-state index in [0.717, 1.165) is 41.1 Å². The molecular weight excluding hydrogens is 394 g/mol. The number of carboxylic acids is 1. The normalized spacial score (nSPS) is 17.0. The van der Waals surface area contributed by atoms with Crippen LogP contribution in [0.4, 0.5) is 0 Å². The van der Waals surface area contributed by atoms with Crippen molar-refractivity contribution in [2.24, 2.45) is 12.5 Å². The van der Waals surface area contributed by atoms with Crippen LogP contribution in [0.5, 0.6) is 5.75 Å². The van der Waals surface area contributed by atoms with Gasteiger partial charge in [-0.15, -0.1) is 0 Å².